The molecule has 1 aromatic carbocycles. The van der Waals surface area contributed by atoms with Gasteiger partial charge in [0, 0.05) is 11.3 Å². The summed E-state index contributed by atoms with van der Waals surface area (Å²) in [4.78, 5) is 11.3. The van der Waals surface area contributed by atoms with E-state index in [1.165, 1.54) is 12.1 Å². The third-order valence-corrected chi connectivity index (χ3v) is 2.86. The minimum atomic E-state index is -0.290. The smallest absolute Gasteiger partial charge is 0.178 e. The fourth-order valence-corrected chi connectivity index (χ4v) is 1.57. The Balaban J connectivity index is 3.22. The molecule has 1 aromatic rings. The van der Waals surface area contributed by atoms with Crippen molar-refractivity contribution in [2.75, 3.05) is 5.73 Å². The highest BCUT2D eigenvalue weighted by molar-refractivity contribution is 9.10. The summed E-state index contributed by atoms with van der Waals surface area (Å²) >= 11 is 14.7. The molecule has 0 fully saturated rings. The maximum absolute atomic E-state index is 11.6. The van der Waals surface area contributed by atoms with Crippen molar-refractivity contribution in [2.45, 2.75) is 11.8 Å². The van der Waals surface area contributed by atoms with Crippen LogP contribution < -0.4 is 5.73 Å². The van der Waals surface area contributed by atoms with Crippen molar-refractivity contribution in [3.05, 3.63) is 27.7 Å². The van der Waals surface area contributed by atoms with E-state index in [0.717, 1.165) is 0 Å². The fourth-order valence-electron chi connectivity index (χ4n) is 0.990. The molecule has 0 aromatic heterocycles. The van der Waals surface area contributed by atoms with Gasteiger partial charge in [-0.25, -0.2) is 0 Å². The van der Waals surface area contributed by atoms with E-state index in [0.29, 0.717) is 21.3 Å². The van der Waals surface area contributed by atoms with Gasteiger partial charge >= 0.3 is 0 Å². The maximum Gasteiger partial charge on any atom is 0.178 e. The Kier molecular flexibility index (Phi) is 3.81. The maximum atomic E-state index is 11.6. The molecule has 0 saturated heterocycles. The van der Waals surface area contributed by atoms with Gasteiger partial charge in [-0.1, -0.05) is 39.1 Å². The van der Waals surface area contributed by atoms with Crippen molar-refractivity contribution in [1.29, 1.82) is 0 Å². The van der Waals surface area contributed by atoms with Crippen LogP contribution in [0, 0.1) is 0 Å². The van der Waals surface area contributed by atoms with E-state index < -0.39 is 0 Å². The molecule has 2 N–H and O–H groups in total. The Hall–Kier alpha value is -0.250. The number of hydrogen-bond acceptors (Lipinski definition) is 2. The van der Waals surface area contributed by atoms with Crippen molar-refractivity contribution >= 4 is 50.6 Å². The minimum absolute atomic E-state index is 0.110. The lowest BCUT2D eigenvalue weighted by Crippen LogP contribution is -2.12. The zero-order chi connectivity index (χ0) is 10.9. The summed E-state index contributed by atoms with van der Waals surface area (Å²) in [5.41, 5.74) is 6.38. The number of carbonyl (C=O) groups is 1. The molecule has 1 rings (SSSR count). The second kappa shape index (κ2) is 4.51. The van der Waals surface area contributed by atoms with Gasteiger partial charge in [-0.2, -0.15) is 0 Å². The number of halogens is 3. The van der Waals surface area contributed by atoms with Crippen LogP contribution in [0.3, 0.4) is 0 Å². The molecule has 1 atom stereocenters. The van der Waals surface area contributed by atoms with Gasteiger partial charge in [-0.05, 0) is 19.1 Å². The highest BCUT2D eigenvalue weighted by atomic mass is 79.9. The highest BCUT2D eigenvalue weighted by Crippen LogP contribution is 2.28. The molecular weight excluding hydrogens is 289 g/mol. The molecule has 76 valence electrons. The van der Waals surface area contributed by atoms with Gasteiger partial charge in [0.2, 0.25) is 0 Å². The first kappa shape index (κ1) is 11.8. The number of rotatable bonds is 2. The van der Waals surface area contributed by atoms with Gasteiger partial charge in [-0.3, -0.25) is 4.79 Å². The summed E-state index contributed by atoms with van der Waals surface area (Å²) < 4.78 is 0. The summed E-state index contributed by atoms with van der Waals surface area (Å²) in [6.45, 7) is 1.73. The molecule has 0 heterocycles. The summed E-state index contributed by atoms with van der Waals surface area (Å²) in [7, 11) is 0. The predicted molar refractivity (Wildman–Crippen MR) is 63.6 cm³/mol. The van der Waals surface area contributed by atoms with E-state index in [1.807, 2.05) is 0 Å². The van der Waals surface area contributed by atoms with Crippen LogP contribution in [0.1, 0.15) is 17.3 Å². The minimum Gasteiger partial charge on any atom is -0.398 e. The van der Waals surface area contributed by atoms with Gasteiger partial charge in [0.15, 0.2) is 5.78 Å². The molecule has 2 nitrogen and oxygen atoms in total. The van der Waals surface area contributed by atoms with E-state index in [9.17, 15) is 4.79 Å². The van der Waals surface area contributed by atoms with Crippen LogP contribution in [0.4, 0.5) is 5.69 Å². The van der Waals surface area contributed by atoms with Gasteiger partial charge in [0.1, 0.15) is 0 Å². The molecular formula is C9H8BrCl2NO. The summed E-state index contributed by atoms with van der Waals surface area (Å²) in [5, 5.41) is 0.681. The Labute approximate surface area is 101 Å². The van der Waals surface area contributed by atoms with Crippen molar-refractivity contribution in [2.24, 2.45) is 0 Å². The molecule has 0 radical (unpaired) electrons. The normalized spacial score (nSPS) is 12.6. The van der Waals surface area contributed by atoms with Gasteiger partial charge in [0.25, 0.3) is 0 Å². The zero-order valence-corrected chi connectivity index (χ0v) is 10.4. The molecule has 5 heteroatoms. The van der Waals surface area contributed by atoms with E-state index in [2.05, 4.69) is 15.9 Å². The number of hydrogen-bond donors (Lipinski definition) is 1. The predicted octanol–water partition coefficient (Wildman–Crippen LogP) is 3.54. The van der Waals surface area contributed by atoms with Crippen LogP contribution in [0.15, 0.2) is 12.1 Å². The molecule has 0 bridgehead atoms. The zero-order valence-electron chi connectivity index (χ0n) is 7.35. The monoisotopic (exact) mass is 295 g/mol. The van der Waals surface area contributed by atoms with Gasteiger partial charge in [-0.15, -0.1) is 0 Å². The van der Waals surface area contributed by atoms with Crippen LogP contribution in [-0.2, 0) is 0 Å². The summed E-state index contributed by atoms with van der Waals surface area (Å²) in [6, 6.07) is 2.96. The fraction of sp³-hybridized carbons (Fsp3) is 0.222. The molecule has 0 aliphatic rings. The molecule has 0 saturated carbocycles. The van der Waals surface area contributed by atoms with Gasteiger partial charge < -0.3 is 5.73 Å². The van der Waals surface area contributed by atoms with Gasteiger partial charge in [0.05, 0.1) is 14.9 Å². The van der Waals surface area contributed by atoms with E-state index >= 15 is 0 Å². The third kappa shape index (κ3) is 2.41. The number of anilines is 1. The lowest BCUT2D eigenvalue weighted by molar-refractivity contribution is 0.0996. The van der Waals surface area contributed by atoms with Crippen molar-refractivity contribution in [1.82, 2.24) is 0 Å². The number of Topliss-reactive ketones (excluding diaryl/α,β-unsaturated/α-hetero) is 1. The van der Waals surface area contributed by atoms with Crippen LogP contribution in [0.5, 0.6) is 0 Å². The first-order chi connectivity index (χ1) is 6.43. The van der Waals surface area contributed by atoms with Crippen LogP contribution in [-0.4, -0.2) is 10.6 Å². The number of benzene rings is 1. The van der Waals surface area contributed by atoms with Crippen molar-refractivity contribution in [3.63, 3.8) is 0 Å². The van der Waals surface area contributed by atoms with E-state index in [4.69, 9.17) is 28.9 Å². The second-order valence-corrected chi connectivity index (χ2v) is 5.02. The second-order valence-electron chi connectivity index (χ2n) is 2.83. The van der Waals surface area contributed by atoms with Crippen LogP contribution >= 0.6 is 39.1 Å². The molecule has 0 aliphatic carbocycles. The number of nitrogen functional groups attached to an aromatic ring is 1. The Morgan fingerprint density at radius 2 is 1.93 bits per heavy atom. The topological polar surface area (TPSA) is 43.1 Å². The lowest BCUT2D eigenvalue weighted by Gasteiger charge is -2.07. The summed E-state index contributed by atoms with van der Waals surface area (Å²) in [5.74, 6) is -0.110. The molecule has 0 amide bonds. The van der Waals surface area contributed by atoms with Crippen LogP contribution in [0.25, 0.3) is 0 Å². The molecule has 14 heavy (non-hydrogen) atoms. The Morgan fingerprint density at radius 1 is 1.43 bits per heavy atom. The Morgan fingerprint density at radius 3 is 2.43 bits per heavy atom. The SMILES string of the molecule is CC(Br)C(=O)c1cc(Cl)c(Cl)cc1N. The first-order valence-corrected chi connectivity index (χ1v) is 5.53. The van der Waals surface area contributed by atoms with E-state index in [1.54, 1.807) is 6.92 Å². The highest BCUT2D eigenvalue weighted by Gasteiger charge is 2.16. The lowest BCUT2D eigenvalue weighted by atomic mass is 10.1. The largest absolute Gasteiger partial charge is 0.398 e. The quantitative estimate of drug-likeness (QED) is 0.515. The van der Waals surface area contributed by atoms with Crippen molar-refractivity contribution in [3.8, 4) is 0 Å². The third-order valence-electron chi connectivity index (χ3n) is 1.72. The average molecular weight is 297 g/mol. The average Bonchev–Trinajstić information content (AvgIpc) is 2.10. The number of nitrogens with two attached hydrogens (primary N) is 1. The first-order valence-electron chi connectivity index (χ1n) is 3.86. The number of ketones is 1. The van der Waals surface area contributed by atoms with Crippen molar-refractivity contribution < 1.29 is 4.79 Å². The van der Waals surface area contributed by atoms with E-state index in [-0.39, 0.29) is 10.6 Å². The molecule has 0 spiro atoms. The Bertz CT molecular complexity index is 379. The number of carbonyl (C=O) groups excluding carboxylic acids is 1. The molecule has 1 unspecified atom stereocenters. The number of alkyl halides is 1. The standard InChI is InChI=1S/C9H8BrCl2NO/c1-4(10)9(14)5-2-6(11)7(12)3-8(5)13/h2-4H,13H2,1H3. The molecule has 0 aliphatic heterocycles. The van der Waals surface area contributed by atoms with Crippen LogP contribution in [0.2, 0.25) is 10.0 Å². The summed E-state index contributed by atoms with van der Waals surface area (Å²) in [6.07, 6.45) is 0.